The van der Waals surface area contributed by atoms with Crippen molar-refractivity contribution < 1.29 is 14.2 Å². The fourth-order valence-corrected chi connectivity index (χ4v) is 2.32. The van der Waals surface area contributed by atoms with Gasteiger partial charge in [0.2, 0.25) is 0 Å². The Labute approximate surface area is 95.1 Å². The number of hydrogen-bond acceptors (Lipinski definition) is 2. The Kier molecular flexibility index (Phi) is 3.15. The fourth-order valence-electron chi connectivity index (χ4n) is 2.32. The van der Waals surface area contributed by atoms with Crippen molar-refractivity contribution in [3.63, 3.8) is 0 Å². The molecule has 2 rings (SSSR count). The third-order valence-corrected chi connectivity index (χ3v) is 3.54. The van der Waals surface area contributed by atoms with E-state index < -0.39 is 0 Å². The maximum absolute atomic E-state index is 13.5. The summed E-state index contributed by atoms with van der Waals surface area (Å²) in [4.78, 5) is 0. The van der Waals surface area contributed by atoms with Gasteiger partial charge < -0.3 is 9.84 Å². The molecule has 0 aromatic heterocycles. The number of rotatable bonds is 4. The van der Waals surface area contributed by atoms with Crippen molar-refractivity contribution in [2.24, 2.45) is 5.41 Å². The monoisotopic (exact) mass is 224 g/mol. The first-order chi connectivity index (χ1) is 7.69. The summed E-state index contributed by atoms with van der Waals surface area (Å²) < 4.78 is 18.3. The molecule has 2 nitrogen and oxygen atoms in total. The van der Waals surface area contributed by atoms with E-state index in [2.05, 4.69) is 0 Å². The zero-order valence-electron chi connectivity index (χ0n) is 9.50. The van der Waals surface area contributed by atoms with E-state index in [1.165, 1.54) is 19.6 Å². The third-order valence-electron chi connectivity index (χ3n) is 3.54. The summed E-state index contributed by atoms with van der Waals surface area (Å²) in [5, 5.41) is 9.35. The highest BCUT2D eigenvalue weighted by molar-refractivity contribution is 5.30. The molecule has 3 heteroatoms. The summed E-state index contributed by atoms with van der Waals surface area (Å²) in [5.41, 5.74) is 0.938. The SMILES string of the molecule is COc1ccc(CC2(CO)CCC2)cc1F. The van der Waals surface area contributed by atoms with Crippen LogP contribution < -0.4 is 4.74 Å². The summed E-state index contributed by atoms with van der Waals surface area (Å²) in [6, 6.07) is 5.03. The van der Waals surface area contributed by atoms with E-state index in [0.29, 0.717) is 0 Å². The molecule has 1 aliphatic carbocycles. The normalized spacial score (nSPS) is 17.9. The first-order valence-electron chi connectivity index (χ1n) is 5.62. The maximum Gasteiger partial charge on any atom is 0.165 e. The molecule has 0 amide bonds. The molecule has 1 aromatic rings. The molecule has 0 bridgehead atoms. The summed E-state index contributed by atoms with van der Waals surface area (Å²) >= 11 is 0. The summed E-state index contributed by atoms with van der Waals surface area (Å²) in [5.74, 6) is -0.0529. The average Bonchev–Trinajstić information content (AvgIpc) is 2.24. The van der Waals surface area contributed by atoms with E-state index >= 15 is 0 Å². The number of ether oxygens (including phenoxy) is 1. The quantitative estimate of drug-likeness (QED) is 0.851. The van der Waals surface area contributed by atoms with Gasteiger partial charge in [0.25, 0.3) is 0 Å². The molecule has 1 N–H and O–H groups in total. The molecule has 0 saturated heterocycles. The van der Waals surface area contributed by atoms with E-state index in [1.807, 2.05) is 6.07 Å². The second-order valence-corrected chi connectivity index (χ2v) is 4.66. The van der Waals surface area contributed by atoms with E-state index in [4.69, 9.17) is 4.74 Å². The lowest BCUT2D eigenvalue weighted by atomic mass is 9.66. The first kappa shape index (κ1) is 11.4. The Morgan fingerprint density at radius 1 is 1.44 bits per heavy atom. The highest BCUT2D eigenvalue weighted by atomic mass is 19.1. The molecule has 1 fully saturated rings. The molecule has 1 aliphatic rings. The van der Waals surface area contributed by atoms with Crippen LogP contribution >= 0.6 is 0 Å². The lowest BCUT2D eigenvalue weighted by molar-refractivity contribution is 0.0449. The van der Waals surface area contributed by atoms with Gasteiger partial charge in [-0.2, -0.15) is 0 Å². The standard InChI is InChI=1S/C13H17FO2/c1-16-12-4-3-10(7-11(12)14)8-13(9-15)5-2-6-13/h3-4,7,15H,2,5-6,8-9H2,1H3. The van der Waals surface area contributed by atoms with Gasteiger partial charge in [-0.05, 0) is 42.4 Å². The fraction of sp³-hybridized carbons (Fsp3) is 0.538. The van der Waals surface area contributed by atoms with Crippen molar-refractivity contribution in [2.75, 3.05) is 13.7 Å². The van der Waals surface area contributed by atoms with Crippen LogP contribution in [0.4, 0.5) is 4.39 Å². The zero-order valence-corrected chi connectivity index (χ0v) is 9.50. The second-order valence-electron chi connectivity index (χ2n) is 4.66. The molecular formula is C13H17FO2. The van der Waals surface area contributed by atoms with Gasteiger partial charge >= 0.3 is 0 Å². The van der Waals surface area contributed by atoms with Gasteiger partial charge in [-0.1, -0.05) is 12.5 Å². The molecule has 1 saturated carbocycles. The van der Waals surface area contributed by atoms with E-state index in [9.17, 15) is 9.50 Å². The second kappa shape index (κ2) is 4.42. The summed E-state index contributed by atoms with van der Waals surface area (Å²) in [6.45, 7) is 0.195. The minimum absolute atomic E-state index is 0.00102. The lowest BCUT2D eigenvalue weighted by Gasteiger charge is -2.40. The van der Waals surface area contributed by atoms with Gasteiger partial charge in [-0.15, -0.1) is 0 Å². The summed E-state index contributed by atoms with van der Waals surface area (Å²) in [6.07, 6.45) is 4.00. The van der Waals surface area contributed by atoms with Gasteiger partial charge in [0.15, 0.2) is 11.6 Å². The topological polar surface area (TPSA) is 29.5 Å². The number of hydrogen-bond donors (Lipinski definition) is 1. The predicted octanol–water partition coefficient (Wildman–Crippen LogP) is 2.54. The van der Waals surface area contributed by atoms with Crippen LogP contribution in [0.2, 0.25) is 0 Å². The molecule has 0 heterocycles. The van der Waals surface area contributed by atoms with E-state index in [1.54, 1.807) is 6.07 Å². The zero-order chi connectivity index (χ0) is 11.6. The van der Waals surface area contributed by atoms with Crippen LogP contribution in [0.3, 0.4) is 0 Å². The molecule has 0 radical (unpaired) electrons. The molecule has 0 atom stereocenters. The maximum atomic E-state index is 13.5. The largest absolute Gasteiger partial charge is 0.494 e. The Morgan fingerprint density at radius 2 is 2.19 bits per heavy atom. The van der Waals surface area contributed by atoms with Gasteiger partial charge in [0.1, 0.15) is 0 Å². The minimum atomic E-state index is -0.326. The first-order valence-corrected chi connectivity index (χ1v) is 5.62. The number of benzene rings is 1. The Balaban J connectivity index is 2.13. The summed E-state index contributed by atoms with van der Waals surface area (Å²) in [7, 11) is 1.46. The number of halogens is 1. The lowest BCUT2D eigenvalue weighted by Crippen LogP contribution is -2.35. The van der Waals surface area contributed by atoms with Crippen LogP contribution in [0.15, 0.2) is 18.2 Å². The van der Waals surface area contributed by atoms with E-state index in [-0.39, 0.29) is 23.6 Å². The van der Waals surface area contributed by atoms with Gasteiger partial charge in [-0.3, -0.25) is 0 Å². The highest BCUT2D eigenvalue weighted by Gasteiger charge is 2.36. The molecule has 0 spiro atoms. The van der Waals surface area contributed by atoms with Crippen LogP contribution in [-0.2, 0) is 6.42 Å². The smallest absolute Gasteiger partial charge is 0.165 e. The van der Waals surface area contributed by atoms with E-state index in [0.717, 1.165) is 24.8 Å². The van der Waals surface area contributed by atoms with Gasteiger partial charge in [0.05, 0.1) is 7.11 Å². The molecule has 88 valence electrons. The minimum Gasteiger partial charge on any atom is -0.494 e. The molecule has 1 aromatic carbocycles. The van der Waals surface area contributed by atoms with Crippen molar-refractivity contribution >= 4 is 0 Å². The van der Waals surface area contributed by atoms with Crippen LogP contribution in [0, 0.1) is 11.2 Å². The van der Waals surface area contributed by atoms with Crippen molar-refractivity contribution in [1.82, 2.24) is 0 Å². The van der Waals surface area contributed by atoms with Crippen LogP contribution in [0.5, 0.6) is 5.75 Å². The van der Waals surface area contributed by atoms with Gasteiger partial charge in [-0.25, -0.2) is 4.39 Å². The van der Waals surface area contributed by atoms with Crippen LogP contribution in [0.25, 0.3) is 0 Å². The molecule has 16 heavy (non-hydrogen) atoms. The number of methoxy groups -OCH3 is 1. The Bertz CT molecular complexity index is 367. The molecular weight excluding hydrogens is 207 g/mol. The van der Waals surface area contributed by atoms with Crippen LogP contribution in [-0.4, -0.2) is 18.8 Å². The molecule has 0 aliphatic heterocycles. The number of aliphatic hydroxyl groups is 1. The predicted molar refractivity (Wildman–Crippen MR) is 60.0 cm³/mol. The van der Waals surface area contributed by atoms with Crippen molar-refractivity contribution in [3.8, 4) is 5.75 Å². The third kappa shape index (κ3) is 2.05. The molecule has 0 unspecified atom stereocenters. The van der Waals surface area contributed by atoms with Crippen molar-refractivity contribution in [3.05, 3.63) is 29.6 Å². The van der Waals surface area contributed by atoms with Crippen molar-refractivity contribution in [2.45, 2.75) is 25.7 Å². The van der Waals surface area contributed by atoms with Crippen molar-refractivity contribution in [1.29, 1.82) is 0 Å². The van der Waals surface area contributed by atoms with Gasteiger partial charge in [0, 0.05) is 6.61 Å². The number of aliphatic hydroxyl groups excluding tert-OH is 1. The Morgan fingerprint density at radius 3 is 2.62 bits per heavy atom. The highest BCUT2D eigenvalue weighted by Crippen LogP contribution is 2.43. The Hall–Kier alpha value is -1.09. The van der Waals surface area contributed by atoms with Crippen LogP contribution in [0.1, 0.15) is 24.8 Å². The average molecular weight is 224 g/mol.